The molecule has 0 fully saturated rings. The van der Waals surface area contributed by atoms with E-state index < -0.39 is 62.9 Å². The third kappa shape index (κ3) is 19.8. The number of hydrogen-bond donors (Lipinski definition) is 1. The van der Waals surface area contributed by atoms with E-state index in [0.717, 1.165) is 12.1 Å². The number of hydrogen-bond acceptors (Lipinski definition) is 15. The van der Waals surface area contributed by atoms with Gasteiger partial charge in [0, 0.05) is 22.9 Å². The maximum atomic E-state index is 12.1. The number of rotatable bonds is 18. The van der Waals surface area contributed by atoms with Gasteiger partial charge in [0.05, 0.1) is 34.1 Å². The minimum absolute atomic E-state index is 0. The van der Waals surface area contributed by atoms with Crippen LogP contribution in [0, 0.1) is 0 Å². The SMILES string of the molecule is C.C.CC(C)(C)OC(=O)COS(=O)(=O)c1ccc(C(=O)OCCCN=[N+]=[N-])cc1.[N-]=[N+]=NCCCOC(=O)c1ccc(S(=O)(=O)OCC(=O)O)cc1. The van der Waals surface area contributed by atoms with Gasteiger partial charge >= 0.3 is 23.9 Å². The molecular weight excluding hydrogens is 732 g/mol. The molecule has 0 atom stereocenters. The Balaban J connectivity index is 0. The van der Waals surface area contributed by atoms with Crippen LogP contribution >= 0.6 is 0 Å². The first-order chi connectivity index (χ1) is 23.4. The number of esters is 3. The lowest BCUT2D eigenvalue weighted by atomic mass is 10.2. The van der Waals surface area contributed by atoms with Gasteiger partial charge in [-0.1, -0.05) is 25.1 Å². The summed E-state index contributed by atoms with van der Waals surface area (Å²) in [6.07, 6.45) is 0.742. The second-order valence-electron chi connectivity index (χ2n) is 10.3. The Kier molecular flexibility index (Phi) is 22.6. The van der Waals surface area contributed by atoms with Crippen molar-refractivity contribution >= 4 is 44.1 Å². The van der Waals surface area contributed by atoms with Crippen LogP contribution in [0.5, 0.6) is 0 Å². The lowest BCUT2D eigenvalue weighted by Crippen LogP contribution is -2.27. The summed E-state index contributed by atoms with van der Waals surface area (Å²) in [7, 11) is -8.38. The summed E-state index contributed by atoms with van der Waals surface area (Å²) in [5, 5.41) is 15.0. The number of ether oxygens (including phenoxy) is 3. The maximum Gasteiger partial charge on any atom is 0.338 e. The zero-order valence-corrected chi connectivity index (χ0v) is 28.7. The van der Waals surface area contributed by atoms with Crippen molar-refractivity contribution in [3.05, 3.63) is 80.5 Å². The van der Waals surface area contributed by atoms with Gasteiger partial charge in [0.25, 0.3) is 20.2 Å². The molecule has 1 N–H and O–H groups in total. The highest BCUT2D eigenvalue weighted by molar-refractivity contribution is 7.87. The van der Waals surface area contributed by atoms with E-state index in [1.807, 2.05) is 0 Å². The monoisotopic (exact) mass is 774 g/mol. The van der Waals surface area contributed by atoms with Crippen molar-refractivity contribution in [3.8, 4) is 0 Å². The van der Waals surface area contributed by atoms with E-state index in [1.54, 1.807) is 20.8 Å². The van der Waals surface area contributed by atoms with Gasteiger partial charge in [-0.25, -0.2) is 19.2 Å². The molecule has 0 saturated heterocycles. The fraction of sp³-hybridized carbons (Fsp3) is 0.467. The number of benzene rings is 2. The Morgan fingerprint density at radius 2 is 1.06 bits per heavy atom. The molecule has 20 nitrogen and oxygen atoms in total. The molecule has 0 amide bonds. The van der Waals surface area contributed by atoms with E-state index in [9.17, 15) is 36.0 Å². The summed E-state index contributed by atoms with van der Waals surface area (Å²) in [5.74, 6) is -3.54. The van der Waals surface area contributed by atoms with Gasteiger partial charge in [-0.15, -0.1) is 0 Å². The molecular formula is C30H42N6O14S2. The average molecular weight is 775 g/mol. The van der Waals surface area contributed by atoms with Crippen molar-refractivity contribution in [1.29, 1.82) is 0 Å². The van der Waals surface area contributed by atoms with Gasteiger partial charge in [0.2, 0.25) is 0 Å². The first-order valence-corrected chi connectivity index (χ1v) is 17.0. The summed E-state index contributed by atoms with van der Waals surface area (Å²) in [4.78, 5) is 50.0. The molecule has 2 aromatic rings. The summed E-state index contributed by atoms with van der Waals surface area (Å²) in [5.41, 5.74) is 15.7. The van der Waals surface area contributed by atoms with Crippen LogP contribution in [-0.4, -0.2) is 90.9 Å². The van der Waals surface area contributed by atoms with Crippen LogP contribution in [-0.2, 0) is 52.4 Å². The van der Waals surface area contributed by atoms with Gasteiger partial charge in [0.1, 0.15) is 5.60 Å². The maximum absolute atomic E-state index is 12.1. The zero-order valence-electron chi connectivity index (χ0n) is 27.0. The Labute approximate surface area is 301 Å². The highest BCUT2D eigenvalue weighted by Gasteiger charge is 2.22. The minimum atomic E-state index is -4.20. The minimum Gasteiger partial charge on any atom is -0.479 e. The first kappa shape index (κ1) is 48.9. The Morgan fingerprint density at radius 3 is 1.38 bits per heavy atom. The van der Waals surface area contributed by atoms with Crippen molar-refractivity contribution < 1.29 is 63.7 Å². The molecule has 0 bridgehead atoms. The summed E-state index contributed by atoms with van der Waals surface area (Å²) >= 11 is 0. The van der Waals surface area contributed by atoms with Crippen LogP contribution in [0.4, 0.5) is 0 Å². The zero-order chi connectivity index (χ0) is 37.8. The molecule has 0 unspecified atom stereocenters. The van der Waals surface area contributed by atoms with Crippen molar-refractivity contribution in [2.75, 3.05) is 39.5 Å². The predicted molar refractivity (Wildman–Crippen MR) is 184 cm³/mol. The molecule has 52 heavy (non-hydrogen) atoms. The molecule has 0 aliphatic carbocycles. The third-order valence-electron chi connectivity index (χ3n) is 5.24. The van der Waals surface area contributed by atoms with Crippen molar-refractivity contribution in [1.82, 2.24) is 0 Å². The Hall–Kier alpha value is -5.24. The van der Waals surface area contributed by atoms with E-state index >= 15 is 0 Å². The molecule has 0 aliphatic rings. The number of carboxylic acid groups (broad SMARTS) is 1. The normalized spacial score (nSPS) is 10.6. The number of nitrogens with zero attached hydrogens (tertiary/aromatic N) is 6. The topological polar surface area (TPSA) is 300 Å². The molecule has 2 rings (SSSR count). The molecule has 0 saturated carbocycles. The van der Waals surface area contributed by atoms with E-state index in [4.69, 9.17) is 30.4 Å². The van der Waals surface area contributed by atoms with Crippen LogP contribution < -0.4 is 0 Å². The second kappa shape index (κ2) is 24.0. The molecule has 288 valence electrons. The highest BCUT2D eigenvalue weighted by atomic mass is 32.2. The highest BCUT2D eigenvalue weighted by Crippen LogP contribution is 2.16. The van der Waals surface area contributed by atoms with Crippen LogP contribution in [0.15, 0.2) is 68.6 Å². The van der Waals surface area contributed by atoms with E-state index in [2.05, 4.69) is 28.4 Å². The number of carboxylic acids is 1. The molecule has 0 heterocycles. The van der Waals surface area contributed by atoms with E-state index in [0.29, 0.717) is 12.8 Å². The lowest BCUT2D eigenvalue weighted by Gasteiger charge is -2.19. The van der Waals surface area contributed by atoms with Crippen molar-refractivity contribution in [3.63, 3.8) is 0 Å². The summed E-state index contributed by atoms with van der Waals surface area (Å²) in [6, 6.07) is 9.50. The Bertz CT molecular complexity index is 1780. The fourth-order valence-corrected chi connectivity index (χ4v) is 4.85. The van der Waals surface area contributed by atoms with Gasteiger partial charge in [0.15, 0.2) is 13.2 Å². The van der Waals surface area contributed by atoms with E-state index in [1.165, 1.54) is 36.4 Å². The average Bonchev–Trinajstić information content (AvgIpc) is 3.06. The molecule has 22 heteroatoms. The quantitative estimate of drug-likeness (QED) is 0.0387. The lowest BCUT2D eigenvalue weighted by molar-refractivity contribution is -0.157. The first-order valence-electron chi connectivity index (χ1n) is 14.2. The van der Waals surface area contributed by atoms with Gasteiger partial charge < -0.3 is 19.3 Å². The molecule has 0 aromatic heterocycles. The smallest absolute Gasteiger partial charge is 0.338 e. The van der Waals surface area contributed by atoms with E-state index in [-0.39, 0.29) is 62.1 Å². The molecule has 0 radical (unpaired) electrons. The van der Waals surface area contributed by atoms with Crippen molar-refractivity contribution in [2.45, 2.75) is 63.9 Å². The van der Waals surface area contributed by atoms with Crippen LogP contribution in [0.25, 0.3) is 20.9 Å². The molecule has 0 aliphatic heterocycles. The summed E-state index contributed by atoms with van der Waals surface area (Å²) in [6.45, 7) is 3.72. The molecule has 2 aromatic carbocycles. The van der Waals surface area contributed by atoms with Crippen LogP contribution in [0.3, 0.4) is 0 Å². The van der Waals surface area contributed by atoms with Gasteiger partial charge in [-0.2, -0.15) is 16.8 Å². The second-order valence-corrected chi connectivity index (χ2v) is 13.6. The standard InChI is InChI=1S/C16H21N3O7S.C12H13N3O7S.2CH4/c1-16(2,3)26-14(20)11-25-27(22,23)13-7-5-12(6-8-13)15(21)24-10-4-9-18-19-17;13-15-14-6-1-7-21-12(18)9-2-4-10(5-3-9)23(19,20)22-8-11(16)17;;/h5-8H,4,9-11H2,1-3H3;2-5H,1,6-8H2,(H,16,17);2*1H4. The number of carbonyl (C=O) groups excluding carboxylic acids is 3. The van der Waals surface area contributed by atoms with Crippen LogP contribution in [0.2, 0.25) is 0 Å². The largest absolute Gasteiger partial charge is 0.479 e. The summed E-state index contributed by atoms with van der Waals surface area (Å²) < 4.78 is 71.2. The predicted octanol–water partition coefficient (Wildman–Crippen LogP) is 5.20. The fourth-order valence-electron chi connectivity index (χ4n) is 3.13. The number of carbonyl (C=O) groups is 4. The van der Waals surface area contributed by atoms with Gasteiger partial charge in [-0.3, -0.25) is 8.37 Å². The van der Waals surface area contributed by atoms with Crippen LogP contribution in [0.1, 0.15) is 69.2 Å². The number of aliphatic carboxylic acids is 1. The van der Waals surface area contributed by atoms with Crippen molar-refractivity contribution in [2.24, 2.45) is 10.2 Å². The Morgan fingerprint density at radius 1 is 0.692 bits per heavy atom. The third-order valence-corrected chi connectivity index (χ3v) is 7.80. The molecule has 0 spiro atoms. The van der Waals surface area contributed by atoms with Gasteiger partial charge in [-0.05, 0) is 93.2 Å². The number of azide groups is 2.